The molecule has 0 heterocycles. The number of nitrogens with one attached hydrogen (secondary N) is 1. The molecule has 2 rings (SSSR count). The van der Waals surface area contributed by atoms with E-state index in [1.54, 1.807) is 57.2 Å². The zero-order valence-corrected chi connectivity index (χ0v) is 19.5. The van der Waals surface area contributed by atoms with Crippen LogP contribution < -0.4 is 5.32 Å². The second-order valence-corrected chi connectivity index (χ2v) is 10.9. The summed E-state index contributed by atoms with van der Waals surface area (Å²) >= 11 is 0. The fourth-order valence-corrected chi connectivity index (χ4v) is 4.53. The van der Waals surface area contributed by atoms with Gasteiger partial charge >= 0.3 is 12.1 Å². The van der Waals surface area contributed by atoms with E-state index in [-0.39, 0.29) is 18.6 Å². The SMILES string of the molecule is C=C(CP(=O)(O)C(Cc1ccccc1)NC(=O)OCc1ccccc1)C(=O)OC(C)(C)C. The van der Waals surface area contributed by atoms with Crippen LogP contribution in [-0.2, 0) is 31.9 Å². The molecule has 0 spiro atoms. The number of amides is 1. The smallest absolute Gasteiger partial charge is 0.408 e. The minimum Gasteiger partial charge on any atom is -0.457 e. The number of benzene rings is 2. The first-order chi connectivity index (χ1) is 15.0. The first-order valence-corrected chi connectivity index (χ1v) is 12.1. The Morgan fingerprint density at radius 3 is 2.09 bits per heavy atom. The number of carbonyl (C=O) groups excluding carboxylic acids is 2. The standard InChI is InChI=1S/C24H30NO6P/c1-18(22(26)31-24(2,3)4)17-32(28,29)21(15-19-11-7-5-8-12-19)25-23(27)30-16-20-13-9-6-10-14-20/h5-14,21H,1,15-17H2,2-4H3,(H,25,27)(H,28,29). The molecule has 2 unspecified atom stereocenters. The summed E-state index contributed by atoms with van der Waals surface area (Å²) in [5.41, 5.74) is 0.636. The normalized spacial score (nSPS) is 14.0. The van der Waals surface area contributed by atoms with Gasteiger partial charge in [0.2, 0.25) is 7.37 Å². The Bertz CT molecular complexity index is 969. The Labute approximate surface area is 188 Å². The van der Waals surface area contributed by atoms with Crippen molar-refractivity contribution in [1.82, 2.24) is 5.32 Å². The predicted octanol–water partition coefficient (Wildman–Crippen LogP) is 4.65. The molecule has 1 amide bonds. The fourth-order valence-electron chi connectivity index (χ4n) is 2.83. The van der Waals surface area contributed by atoms with Crippen LogP contribution in [0.4, 0.5) is 4.79 Å². The van der Waals surface area contributed by atoms with Gasteiger partial charge in [0.1, 0.15) is 18.0 Å². The molecule has 32 heavy (non-hydrogen) atoms. The Hall–Kier alpha value is -2.89. The zero-order chi connectivity index (χ0) is 23.8. The van der Waals surface area contributed by atoms with E-state index in [0.717, 1.165) is 11.1 Å². The van der Waals surface area contributed by atoms with Crippen molar-refractivity contribution >= 4 is 19.4 Å². The van der Waals surface area contributed by atoms with Crippen LogP contribution in [-0.4, -0.2) is 34.5 Å². The first kappa shape index (κ1) is 25.4. The van der Waals surface area contributed by atoms with Crippen molar-refractivity contribution in [2.75, 3.05) is 6.16 Å². The van der Waals surface area contributed by atoms with Crippen LogP contribution in [0.2, 0.25) is 0 Å². The van der Waals surface area contributed by atoms with E-state index in [4.69, 9.17) is 9.47 Å². The van der Waals surface area contributed by atoms with Gasteiger partial charge in [-0.15, -0.1) is 0 Å². The lowest BCUT2D eigenvalue weighted by molar-refractivity contribution is -0.149. The van der Waals surface area contributed by atoms with Gasteiger partial charge in [0.15, 0.2) is 0 Å². The van der Waals surface area contributed by atoms with Crippen LogP contribution in [0.1, 0.15) is 31.9 Å². The minimum absolute atomic E-state index is 0.0189. The lowest BCUT2D eigenvalue weighted by Crippen LogP contribution is -2.38. The number of ether oxygens (including phenoxy) is 2. The molecule has 0 saturated heterocycles. The highest BCUT2D eigenvalue weighted by molar-refractivity contribution is 7.59. The summed E-state index contributed by atoms with van der Waals surface area (Å²) in [7, 11) is -4.11. The molecular formula is C24H30NO6P. The van der Waals surface area contributed by atoms with Crippen LogP contribution in [0.5, 0.6) is 0 Å². The highest BCUT2D eigenvalue weighted by atomic mass is 31.2. The summed E-state index contributed by atoms with van der Waals surface area (Å²) in [4.78, 5) is 35.4. The number of alkyl carbamates (subject to hydrolysis) is 1. The Morgan fingerprint density at radius 1 is 1.03 bits per heavy atom. The second kappa shape index (κ2) is 11.1. The largest absolute Gasteiger partial charge is 0.457 e. The van der Waals surface area contributed by atoms with E-state index in [2.05, 4.69) is 11.9 Å². The van der Waals surface area contributed by atoms with E-state index >= 15 is 0 Å². The van der Waals surface area contributed by atoms with Gasteiger partial charge in [-0.05, 0) is 31.9 Å². The topological polar surface area (TPSA) is 102 Å². The predicted molar refractivity (Wildman–Crippen MR) is 123 cm³/mol. The molecule has 172 valence electrons. The Morgan fingerprint density at radius 2 is 1.56 bits per heavy atom. The van der Waals surface area contributed by atoms with Gasteiger partial charge in [-0.2, -0.15) is 0 Å². The summed E-state index contributed by atoms with van der Waals surface area (Å²) in [5, 5.41) is 2.50. The van der Waals surface area contributed by atoms with Gasteiger partial charge in [0, 0.05) is 12.0 Å². The van der Waals surface area contributed by atoms with E-state index in [1.807, 2.05) is 24.3 Å². The van der Waals surface area contributed by atoms with Crippen molar-refractivity contribution in [3.8, 4) is 0 Å². The van der Waals surface area contributed by atoms with Gasteiger partial charge in [0.25, 0.3) is 0 Å². The van der Waals surface area contributed by atoms with Crippen molar-refractivity contribution < 1.29 is 28.5 Å². The molecule has 0 fully saturated rings. The van der Waals surface area contributed by atoms with Crippen LogP contribution >= 0.6 is 7.37 Å². The summed E-state index contributed by atoms with van der Waals surface area (Å²) in [6.07, 6.45) is -1.26. The molecule has 0 aromatic heterocycles. The zero-order valence-electron chi connectivity index (χ0n) is 18.6. The van der Waals surface area contributed by atoms with E-state index in [0.29, 0.717) is 0 Å². The molecule has 2 aromatic carbocycles. The third-order valence-corrected chi connectivity index (χ3v) is 6.48. The third-order valence-electron chi connectivity index (χ3n) is 4.36. The summed E-state index contributed by atoms with van der Waals surface area (Å²) in [6, 6.07) is 18.1. The second-order valence-electron chi connectivity index (χ2n) is 8.43. The third kappa shape index (κ3) is 8.69. The minimum atomic E-state index is -4.11. The fraction of sp³-hybridized carbons (Fsp3) is 0.333. The van der Waals surface area contributed by atoms with Crippen LogP contribution in [0.15, 0.2) is 72.8 Å². The lowest BCUT2D eigenvalue weighted by Gasteiger charge is -2.26. The summed E-state index contributed by atoms with van der Waals surface area (Å²) in [6.45, 7) is 8.72. The van der Waals surface area contributed by atoms with Crippen molar-refractivity contribution in [2.45, 2.75) is 45.2 Å². The molecule has 2 atom stereocenters. The molecule has 0 bridgehead atoms. The molecule has 0 aliphatic heterocycles. The first-order valence-electron chi connectivity index (χ1n) is 10.2. The van der Waals surface area contributed by atoms with Gasteiger partial charge < -0.3 is 19.7 Å². The number of rotatable bonds is 9. The molecule has 7 nitrogen and oxygen atoms in total. The Balaban J connectivity index is 2.12. The maximum atomic E-state index is 13.2. The number of hydrogen-bond acceptors (Lipinski definition) is 5. The van der Waals surface area contributed by atoms with Crippen molar-refractivity contribution in [2.24, 2.45) is 0 Å². The van der Waals surface area contributed by atoms with Crippen molar-refractivity contribution in [1.29, 1.82) is 0 Å². The lowest BCUT2D eigenvalue weighted by atomic mass is 10.1. The van der Waals surface area contributed by atoms with E-state index in [1.165, 1.54) is 0 Å². The highest BCUT2D eigenvalue weighted by Gasteiger charge is 2.35. The van der Waals surface area contributed by atoms with Crippen molar-refractivity contribution in [3.63, 3.8) is 0 Å². The number of hydrogen-bond donors (Lipinski definition) is 2. The molecule has 0 aliphatic carbocycles. The molecule has 0 radical (unpaired) electrons. The van der Waals surface area contributed by atoms with Gasteiger partial charge in [-0.25, -0.2) is 9.59 Å². The molecule has 2 N–H and O–H groups in total. The van der Waals surface area contributed by atoms with Crippen LogP contribution in [0.3, 0.4) is 0 Å². The quantitative estimate of drug-likeness (QED) is 0.322. The van der Waals surface area contributed by atoms with Gasteiger partial charge in [-0.1, -0.05) is 67.2 Å². The number of carbonyl (C=O) groups is 2. The average Bonchev–Trinajstić information content (AvgIpc) is 2.72. The average molecular weight is 459 g/mol. The van der Waals surface area contributed by atoms with Crippen LogP contribution in [0, 0.1) is 0 Å². The number of esters is 1. The highest BCUT2D eigenvalue weighted by Crippen LogP contribution is 2.48. The monoisotopic (exact) mass is 459 g/mol. The molecule has 0 saturated carbocycles. The molecule has 8 heteroatoms. The summed E-state index contributed by atoms with van der Waals surface area (Å²) in [5.74, 6) is -1.93. The van der Waals surface area contributed by atoms with Crippen molar-refractivity contribution in [3.05, 3.63) is 83.9 Å². The molecule has 0 aliphatic rings. The van der Waals surface area contributed by atoms with Gasteiger partial charge in [-0.3, -0.25) is 4.57 Å². The van der Waals surface area contributed by atoms with Crippen LogP contribution in [0.25, 0.3) is 0 Å². The molecule has 2 aromatic rings. The molecular weight excluding hydrogens is 429 g/mol. The van der Waals surface area contributed by atoms with E-state index < -0.39 is 37.0 Å². The maximum absolute atomic E-state index is 13.2. The Kier molecular flexibility index (Phi) is 8.81. The maximum Gasteiger partial charge on any atom is 0.408 e. The van der Waals surface area contributed by atoms with E-state index in [9.17, 15) is 19.0 Å². The van der Waals surface area contributed by atoms with Gasteiger partial charge in [0.05, 0.1) is 6.16 Å². The summed E-state index contributed by atoms with van der Waals surface area (Å²) < 4.78 is 23.7.